The van der Waals surface area contributed by atoms with Gasteiger partial charge >= 0.3 is 0 Å². The molecular weight excluding hydrogens is 214 g/mol. The first-order valence-electron chi connectivity index (χ1n) is 5.79. The Balaban J connectivity index is 2.27. The highest BCUT2D eigenvalue weighted by Gasteiger charge is 2.31. The van der Waals surface area contributed by atoms with Crippen LogP contribution in [-0.4, -0.2) is 18.1 Å². The van der Waals surface area contributed by atoms with Crippen molar-refractivity contribution in [2.45, 2.75) is 26.4 Å². The third-order valence-corrected chi connectivity index (χ3v) is 2.34. The minimum Gasteiger partial charge on any atom is -0.488 e. The summed E-state index contributed by atoms with van der Waals surface area (Å²) in [5.74, 6) is 1.28. The van der Waals surface area contributed by atoms with E-state index in [4.69, 9.17) is 9.47 Å². The van der Waals surface area contributed by atoms with E-state index in [2.05, 4.69) is 4.99 Å². The van der Waals surface area contributed by atoms with Gasteiger partial charge in [-0.1, -0.05) is 18.2 Å². The molecule has 17 heavy (non-hydrogen) atoms. The lowest BCUT2D eigenvalue weighted by molar-refractivity contribution is 0.159. The molecule has 0 saturated heterocycles. The van der Waals surface area contributed by atoms with E-state index in [1.807, 2.05) is 57.2 Å². The van der Waals surface area contributed by atoms with Crippen LogP contribution in [0, 0.1) is 0 Å². The van der Waals surface area contributed by atoms with Gasteiger partial charge in [0, 0.05) is 6.08 Å². The zero-order valence-corrected chi connectivity index (χ0v) is 10.4. The van der Waals surface area contributed by atoms with Crippen LogP contribution in [0.25, 0.3) is 0 Å². The fourth-order valence-corrected chi connectivity index (χ4v) is 1.66. The first kappa shape index (κ1) is 11.7. The third-order valence-electron chi connectivity index (χ3n) is 2.34. The molecule has 1 heterocycles. The molecule has 3 nitrogen and oxygen atoms in total. The molecule has 0 amide bonds. The first-order chi connectivity index (χ1) is 8.11. The number of hydrogen-bond donors (Lipinski definition) is 0. The number of benzene rings is 1. The van der Waals surface area contributed by atoms with Crippen LogP contribution in [0.4, 0.5) is 5.69 Å². The second kappa shape index (κ2) is 4.62. The Morgan fingerprint density at radius 2 is 1.94 bits per heavy atom. The van der Waals surface area contributed by atoms with Crippen molar-refractivity contribution in [1.82, 2.24) is 0 Å². The van der Waals surface area contributed by atoms with E-state index in [0.29, 0.717) is 12.5 Å². The van der Waals surface area contributed by atoms with Crippen molar-refractivity contribution in [2.75, 3.05) is 6.61 Å². The summed E-state index contributed by atoms with van der Waals surface area (Å²) in [6, 6.07) is 9.73. The topological polar surface area (TPSA) is 30.8 Å². The Morgan fingerprint density at radius 3 is 2.59 bits per heavy atom. The average molecular weight is 231 g/mol. The van der Waals surface area contributed by atoms with Crippen molar-refractivity contribution in [3.63, 3.8) is 0 Å². The largest absolute Gasteiger partial charge is 0.488 e. The summed E-state index contributed by atoms with van der Waals surface area (Å²) in [6.07, 6.45) is 1.96. The standard InChI is InChI=1S/C14H17NO2/c1-4-16-12-10-14(2,3)17-13(12)15-11-8-6-5-7-9-11/h5-10H,4H2,1-3H3. The van der Waals surface area contributed by atoms with Gasteiger partial charge in [0.25, 0.3) is 5.90 Å². The van der Waals surface area contributed by atoms with Gasteiger partial charge in [-0.3, -0.25) is 0 Å². The summed E-state index contributed by atoms with van der Waals surface area (Å²) < 4.78 is 11.3. The van der Waals surface area contributed by atoms with Crippen LogP contribution in [-0.2, 0) is 9.47 Å². The van der Waals surface area contributed by atoms with Crippen molar-refractivity contribution >= 4 is 11.6 Å². The minimum atomic E-state index is -0.349. The Labute approximate surface area is 102 Å². The lowest BCUT2D eigenvalue weighted by Gasteiger charge is -2.14. The maximum absolute atomic E-state index is 5.75. The highest BCUT2D eigenvalue weighted by Crippen LogP contribution is 2.27. The molecular formula is C14H17NO2. The van der Waals surface area contributed by atoms with Crippen LogP contribution in [0.5, 0.6) is 0 Å². The second-order valence-electron chi connectivity index (χ2n) is 4.40. The number of aliphatic imine (C=N–C) groups is 1. The van der Waals surface area contributed by atoms with Crippen molar-refractivity contribution < 1.29 is 9.47 Å². The van der Waals surface area contributed by atoms with Gasteiger partial charge in [-0.05, 0) is 32.9 Å². The number of rotatable bonds is 3. The molecule has 0 saturated carbocycles. The molecule has 0 atom stereocenters. The molecule has 0 fully saturated rings. The number of nitrogens with zero attached hydrogens (tertiary/aromatic N) is 1. The fraction of sp³-hybridized carbons (Fsp3) is 0.357. The number of ether oxygens (including phenoxy) is 2. The Hall–Kier alpha value is -1.77. The smallest absolute Gasteiger partial charge is 0.258 e. The van der Waals surface area contributed by atoms with Crippen LogP contribution in [0.15, 0.2) is 47.2 Å². The summed E-state index contributed by atoms with van der Waals surface area (Å²) in [4.78, 5) is 4.45. The van der Waals surface area contributed by atoms with Gasteiger partial charge in [0.05, 0.1) is 12.3 Å². The van der Waals surface area contributed by atoms with Gasteiger partial charge in [-0.2, -0.15) is 0 Å². The van der Waals surface area contributed by atoms with E-state index in [-0.39, 0.29) is 5.60 Å². The number of para-hydroxylation sites is 1. The average Bonchev–Trinajstić information content (AvgIpc) is 2.55. The molecule has 0 spiro atoms. The lowest BCUT2D eigenvalue weighted by Crippen LogP contribution is -2.18. The van der Waals surface area contributed by atoms with E-state index >= 15 is 0 Å². The molecule has 90 valence electrons. The van der Waals surface area contributed by atoms with Gasteiger partial charge < -0.3 is 9.47 Å². The van der Waals surface area contributed by atoms with Crippen molar-refractivity contribution in [3.8, 4) is 0 Å². The van der Waals surface area contributed by atoms with Crippen LogP contribution in [0.3, 0.4) is 0 Å². The summed E-state index contributed by atoms with van der Waals surface area (Å²) in [5.41, 5.74) is 0.517. The summed E-state index contributed by atoms with van der Waals surface area (Å²) in [7, 11) is 0. The van der Waals surface area contributed by atoms with E-state index in [1.165, 1.54) is 0 Å². The molecule has 0 unspecified atom stereocenters. The summed E-state index contributed by atoms with van der Waals surface area (Å²) in [5, 5.41) is 0. The van der Waals surface area contributed by atoms with E-state index in [9.17, 15) is 0 Å². The van der Waals surface area contributed by atoms with Crippen LogP contribution in [0.1, 0.15) is 20.8 Å². The lowest BCUT2D eigenvalue weighted by atomic mass is 10.1. The van der Waals surface area contributed by atoms with E-state index in [0.717, 1.165) is 11.4 Å². The minimum absolute atomic E-state index is 0.349. The van der Waals surface area contributed by atoms with E-state index < -0.39 is 0 Å². The second-order valence-corrected chi connectivity index (χ2v) is 4.40. The molecule has 1 aromatic carbocycles. The first-order valence-corrected chi connectivity index (χ1v) is 5.79. The third kappa shape index (κ3) is 2.87. The Morgan fingerprint density at radius 1 is 1.24 bits per heavy atom. The Kier molecular flexibility index (Phi) is 3.18. The monoisotopic (exact) mass is 231 g/mol. The molecule has 0 bridgehead atoms. The van der Waals surface area contributed by atoms with Gasteiger partial charge in [-0.25, -0.2) is 4.99 Å². The van der Waals surface area contributed by atoms with Crippen molar-refractivity contribution in [1.29, 1.82) is 0 Å². The molecule has 0 radical (unpaired) electrons. The molecule has 1 aromatic rings. The predicted octanol–water partition coefficient (Wildman–Crippen LogP) is 3.45. The van der Waals surface area contributed by atoms with Gasteiger partial charge in [0.1, 0.15) is 5.60 Å². The number of hydrogen-bond acceptors (Lipinski definition) is 3. The maximum atomic E-state index is 5.75. The quantitative estimate of drug-likeness (QED) is 0.797. The molecule has 2 rings (SSSR count). The Bertz CT molecular complexity index is 447. The molecule has 0 N–H and O–H groups in total. The van der Waals surface area contributed by atoms with Crippen molar-refractivity contribution in [3.05, 3.63) is 42.2 Å². The highest BCUT2D eigenvalue weighted by molar-refractivity contribution is 5.96. The normalized spacial score (nSPS) is 19.9. The molecule has 1 aliphatic heterocycles. The van der Waals surface area contributed by atoms with Crippen LogP contribution >= 0.6 is 0 Å². The zero-order valence-electron chi connectivity index (χ0n) is 10.4. The predicted molar refractivity (Wildman–Crippen MR) is 68.4 cm³/mol. The van der Waals surface area contributed by atoms with Crippen LogP contribution < -0.4 is 0 Å². The fourth-order valence-electron chi connectivity index (χ4n) is 1.66. The van der Waals surface area contributed by atoms with Crippen LogP contribution in [0.2, 0.25) is 0 Å². The molecule has 0 aromatic heterocycles. The van der Waals surface area contributed by atoms with Gasteiger partial charge in [0.2, 0.25) is 0 Å². The molecule has 1 aliphatic rings. The molecule has 0 aliphatic carbocycles. The highest BCUT2D eigenvalue weighted by atomic mass is 16.6. The van der Waals surface area contributed by atoms with Gasteiger partial charge in [0.15, 0.2) is 5.76 Å². The summed E-state index contributed by atoms with van der Waals surface area (Å²) in [6.45, 7) is 6.53. The zero-order chi connectivity index (χ0) is 12.3. The summed E-state index contributed by atoms with van der Waals surface area (Å²) >= 11 is 0. The van der Waals surface area contributed by atoms with Crippen molar-refractivity contribution in [2.24, 2.45) is 4.99 Å². The maximum Gasteiger partial charge on any atom is 0.258 e. The van der Waals surface area contributed by atoms with Gasteiger partial charge in [-0.15, -0.1) is 0 Å². The SMILES string of the molecule is CCOC1=CC(C)(C)OC1=Nc1ccccc1. The van der Waals surface area contributed by atoms with E-state index in [1.54, 1.807) is 0 Å². The molecule has 3 heteroatoms.